The molecule has 35 heavy (non-hydrogen) atoms. The molecule has 0 atom stereocenters. The maximum absolute atomic E-state index is 15.5. The second kappa shape index (κ2) is 8.24. The van der Waals surface area contributed by atoms with E-state index in [0.717, 1.165) is 12.1 Å². The van der Waals surface area contributed by atoms with E-state index in [1.165, 1.54) is 37.5 Å². The number of H-pyrrole nitrogens is 2. The highest BCUT2D eigenvalue weighted by Crippen LogP contribution is 2.37. The van der Waals surface area contributed by atoms with Crippen molar-refractivity contribution >= 4 is 26.6 Å². The van der Waals surface area contributed by atoms with E-state index in [0.29, 0.717) is 22.5 Å². The Hall–Kier alpha value is -4.19. The lowest BCUT2D eigenvalue weighted by Gasteiger charge is -2.14. The van der Waals surface area contributed by atoms with Gasteiger partial charge in [0.25, 0.3) is 10.0 Å². The van der Waals surface area contributed by atoms with E-state index in [4.69, 9.17) is 0 Å². The average Bonchev–Trinajstić information content (AvgIpc) is 3.49. The summed E-state index contributed by atoms with van der Waals surface area (Å²) in [5.41, 5.74) is -0.633. The molecule has 0 aliphatic rings. The van der Waals surface area contributed by atoms with Crippen LogP contribution in [0.15, 0.2) is 53.8 Å². The number of sulfonamides is 1. The number of hydrogen-bond acceptors (Lipinski definition) is 5. The van der Waals surface area contributed by atoms with Gasteiger partial charge in [-0.05, 0) is 43.7 Å². The summed E-state index contributed by atoms with van der Waals surface area (Å²) in [6.07, 6.45) is 4.58. The molecule has 0 amide bonds. The minimum absolute atomic E-state index is 0.0832. The van der Waals surface area contributed by atoms with Crippen molar-refractivity contribution < 1.29 is 21.6 Å². The van der Waals surface area contributed by atoms with E-state index < -0.39 is 44.3 Å². The number of pyridine rings is 1. The van der Waals surface area contributed by atoms with Crippen LogP contribution in [0.2, 0.25) is 0 Å². The molecule has 0 radical (unpaired) electrons. The van der Waals surface area contributed by atoms with E-state index in [1.807, 2.05) is 0 Å². The van der Waals surface area contributed by atoms with E-state index in [1.54, 1.807) is 13.1 Å². The minimum atomic E-state index is -4.26. The smallest absolute Gasteiger partial charge is 0.263 e. The molecule has 12 heteroatoms. The number of imidazole rings is 1. The summed E-state index contributed by atoms with van der Waals surface area (Å²) >= 11 is 0. The summed E-state index contributed by atoms with van der Waals surface area (Å²) in [4.78, 5) is 10.8. The number of aromatic nitrogens is 5. The minimum Gasteiger partial charge on any atom is -0.343 e. The standard InChI is InChI=1S/C23H17F3N6O2S/c1-11-9-17(12(2)29-10-11)35(33,34)32-16-6-5-15(24)18(20(16)26)13-3-4-14-21(19(13)25)30-31-22(14)23-27-7-8-28-23/h3-10,32H,1-2H3,(H,27,28)(H,30,31). The van der Waals surface area contributed by atoms with Crippen molar-refractivity contribution in [3.05, 3.63) is 77.6 Å². The van der Waals surface area contributed by atoms with Gasteiger partial charge in [0.05, 0.1) is 16.9 Å². The van der Waals surface area contributed by atoms with Gasteiger partial charge in [0.15, 0.2) is 17.5 Å². The summed E-state index contributed by atoms with van der Waals surface area (Å²) in [7, 11) is -4.26. The van der Waals surface area contributed by atoms with Crippen LogP contribution >= 0.6 is 0 Å². The first-order valence-corrected chi connectivity index (χ1v) is 11.8. The monoisotopic (exact) mass is 498 g/mol. The van der Waals surface area contributed by atoms with Crippen LogP contribution in [-0.2, 0) is 10.0 Å². The first-order valence-electron chi connectivity index (χ1n) is 10.3. The second-order valence-electron chi connectivity index (χ2n) is 7.85. The molecule has 178 valence electrons. The van der Waals surface area contributed by atoms with Crippen molar-refractivity contribution in [1.29, 1.82) is 0 Å². The number of aromatic amines is 2. The van der Waals surface area contributed by atoms with Gasteiger partial charge in [-0.3, -0.25) is 14.8 Å². The number of nitrogens with one attached hydrogen (secondary N) is 3. The van der Waals surface area contributed by atoms with E-state index >= 15 is 8.78 Å². The number of rotatable bonds is 5. The summed E-state index contributed by atoms with van der Waals surface area (Å²) in [6.45, 7) is 3.15. The summed E-state index contributed by atoms with van der Waals surface area (Å²) in [5.74, 6) is -2.90. The molecular formula is C23H17F3N6O2S. The largest absolute Gasteiger partial charge is 0.343 e. The number of nitrogens with zero attached hydrogens (tertiary/aromatic N) is 3. The molecular weight excluding hydrogens is 481 g/mol. The van der Waals surface area contributed by atoms with E-state index in [9.17, 15) is 12.8 Å². The highest BCUT2D eigenvalue weighted by molar-refractivity contribution is 7.92. The number of hydrogen-bond donors (Lipinski definition) is 3. The predicted molar refractivity (Wildman–Crippen MR) is 124 cm³/mol. The third-order valence-electron chi connectivity index (χ3n) is 5.47. The first-order chi connectivity index (χ1) is 16.7. The first kappa shape index (κ1) is 22.6. The van der Waals surface area contributed by atoms with Crippen molar-refractivity contribution in [3.63, 3.8) is 0 Å². The molecule has 0 saturated heterocycles. The highest BCUT2D eigenvalue weighted by Gasteiger charge is 2.25. The number of aryl methyl sites for hydroxylation is 2. The van der Waals surface area contributed by atoms with Crippen LogP contribution in [0.25, 0.3) is 33.5 Å². The van der Waals surface area contributed by atoms with Gasteiger partial charge >= 0.3 is 0 Å². The van der Waals surface area contributed by atoms with Crippen molar-refractivity contribution in [2.75, 3.05) is 4.72 Å². The molecule has 0 aliphatic heterocycles. The number of fused-ring (bicyclic) bond motifs is 1. The maximum atomic E-state index is 15.5. The fourth-order valence-electron chi connectivity index (χ4n) is 3.78. The molecule has 0 unspecified atom stereocenters. The molecule has 3 heterocycles. The Balaban J connectivity index is 1.60. The molecule has 5 rings (SSSR count). The topological polar surface area (TPSA) is 116 Å². The van der Waals surface area contributed by atoms with Gasteiger partial charge in [-0.25, -0.2) is 26.6 Å². The Morgan fingerprint density at radius 1 is 1.00 bits per heavy atom. The molecule has 5 aromatic rings. The summed E-state index contributed by atoms with van der Waals surface area (Å²) < 4.78 is 73.6. The van der Waals surface area contributed by atoms with Gasteiger partial charge in [-0.2, -0.15) is 5.10 Å². The normalized spacial score (nSPS) is 11.8. The molecule has 0 fully saturated rings. The number of anilines is 1. The quantitative estimate of drug-likeness (QED) is 0.320. The molecule has 3 aromatic heterocycles. The molecule has 0 spiro atoms. The third-order valence-corrected chi connectivity index (χ3v) is 6.95. The number of benzene rings is 2. The average molecular weight is 498 g/mol. The second-order valence-corrected chi connectivity index (χ2v) is 9.50. The van der Waals surface area contributed by atoms with Gasteiger partial charge in [-0.15, -0.1) is 0 Å². The molecule has 2 aromatic carbocycles. The molecule has 0 saturated carbocycles. The lowest BCUT2D eigenvalue weighted by Crippen LogP contribution is -2.16. The van der Waals surface area contributed by atoms with Crippen LogP contribution in [0, 0.1) is 31.3 Å². The summed E-state index contributed by atoms with van der Waals surface area (Å²) in [6, 6.07) is 5.84. The van der Waals surface area contributed by atoms with Crippen molar-refractivity contribution in [2.45, 2.75) is 18.7 Å². The SMILES string of the molecule is Cc1cnc(C)c(S(=O)(=O)Nc2ccc(F)c(-c3ccc4c(-c5ncc[nH]5)n[nH]c4c3F)c2F)c1. The van der Waals surface area contributed by atoms with Gasteiger partial charge in [0.2, 0.25) is 0 Å². The van der Waals surface area contributed by atoms with Crippen molar-refractivity contribution in [2.24, 2.45) is 0 Å². The zero-order chi connectivity index (χ0) is 24.9. The van der Waals surface area contributed by atoms with Gasteiger partial charge < -0.3 is 4.98 Å². The molecule has 0 aliphatic carbocycles. The van der Waals surface area contributed by atoms with Crippen LogP contribution in [0.3, 0.4) is 0 Å². The summed E-state index contributed by atoms with van der Waals surface area (Å²) in [5, 5.41) is 6.93. The van der Waals surface area contributed by atoms with Crippen LogP contribution in [0.4, 0.5) is 18.9 Å². The lowest BCUT2D eigenvalue weighted by atomic mass is 10.0. The van der Waals surface area contributed by atoms with Gasteiger partial charge in [-0.1, -0.05) is 6.07 Å². The Kier molecular flexibility index (Phi) is 5.32. The van der Waals surface area contributed by atoms with Crippen molar-refractivity contribution in [3.8, 4) is 22.6 Å². The lowest BCUT2D eigenvalue weighted by molar-refractivity contribution is 0.582. The van der Waals surface area contributed by atoms with Crippen LogP contribution in [0.1, 0.15) is 11.3 Å². The fraction of sp³-hybridized carbons (Fsp3) is 0.0870. The van der Waals surface area contributed by atoms with E-state index in [-0.39, 0.29) is 16.1 Å². The highest BCUT2D eigenvalue weighted by atomic mass is 32.2. The van der Waals surface area contributed by atoms with Gasteiger partial charge in [0.1, 0.15) is 21.9 Å². The van der Waals surface area contributed by atoms with Crippen LogP contribution in [0.5, 0.6) is 0 Å². The number of halogens is 3. The Labute approximate surface area is 197 Å². The fourth-order valence-corrected chi connectivity index (χ4v) is 5.12. The molecule has 3 N–H and O–H groups in total. The van der Waals surface area contributed by atoms with Crippen molar-refractivity contribution in [1.82, 2.24) is 25.1 Å². The Morgan fingerprint density at radius 2 is 1.80 bits per heavy atom. The van der Waals surface area contributed by atoms with Crippen LogP contribution < -0.4 is 4.72 Å². The van der Waals surface area contributed by atoms with Gasteiger partial charge in [0, 0.05) is 29.5 Å². The Bertz CT molecular complexity index is 1700. The predicted octanol–water partition coefficient (Wildman–Crippen LogP) is 4.85. The van der Waals surface area contributed by atoms with E-state index in [2.05, 4.69) is 29.9 Å². The maximum Gasteiger partial charge on any atom is 0.263 e. The third kappa shape index (κ3) is 3.81. The zero-order valence-electron chi connectivity index (χ0n) is 18.3. The molecule has 8 nitrogen and oxygen atoms in total. The Morgan fingerprint density at radius 3 is 2.54 bits per heavy atom. The van der Waals surface area contributed by atoms with Crippen LogP contribution in [-0.4, -0.2) is 33.6 Å². The zero-order valence-corrected chi connectivity index (χ0v) is 19.1. The molecule has 0 bridgehead atoms.